The molecule has 0 heterocycles. The highest BCUT2D eigenvalue weighted by Crippen LogP contribution is 2.13. The van der Waals surface area contributed by atoms with E-state index in [1.165, 1.54) is 18.2 Å². The minimum absolute atomic E-state index is 0.449. The number of hydrogen-bond donors (Lipinski definition) is 1. The molecular formula is C9H7FO4S. The van der Waals surface area contributed by atoms with Gasteiger partial charge in [-0.3, -0.25) is 0 Å². The molecule has 0 bridgehead atoms. The Morgan fingerprint density at radius 1 is 1.27 bits per heavy atom. The van der Waals surface area contributed by atoms with E-state index in [9.17, 15) is 17.1 Å². The average Bonchev–Trinajstić information content (AvgIpc) is 2.14. The van der Waals surface area contributed by atoms with Crippen LogP contribution in [0.4, 0.5) is 3.89 Å². The van der Waals surface area contributed by atoms with E-state index in [-0.39, 0.29) is 0 Å². The summed E-state index contributed by atoms with van der Waals surface area (Å²) in [4.78, 5) is 9.71. The van der Waals surface area contributed by atoms with Gasteiger partial charge in [0.1, 0.15) is 0 Å². The zero-order valence-electron chi connectivity index (χ0n) is 7.42. The molecule has 1 aromatic rings. The van der Waals surface area contributed by atoms with E-state index >= 15 is 0 Å². The Kier molecular flexibility index (Phi) is 3.21. The SMILES string of the molecule is O=C(O)/C=C/c1ccc(S(=O)(=O)F)cc1. The Bertz CT molecular complexity index is 487. The molecule has 0 saturated carbocycles. The summed E-state index contributed by atoms with van der Waals surface area (Å²) in [5.74, 6) is -1.11. The number of hydrogen-bond acceptors (Lipinski definition) is 3. The molecule has 0 aliphatic rings. The van der Waals surface area contributed by atoms with Gasteiger partial charge in [-0.05, 0) is 23.8 Å². The number of benzene rings is 1. The maximum Gasteiger partial charge on any atom is 0.332 e. The molecule has 1 rings (SSSR count). The largest absolute Gasteiger partial charge is 0.478 e. The Hall–Kier alpha value is -1.69. The molecule has 0 unspecified atom stereocenters. The summed E-state index contributed by atoms with van der Waals surface area (Å²) in [6.07, 6.45) is 2.18. The van der Waals surface area contributed by atoms with Gasteiger partial charge in [0.2, 0.25) is 0 Å². The van der Waals surface area contributed by atoms with Crippen LogP contribution in [-0.2, 0) is 15.0 Å². The highest BCUT2D eigenvalue weighted by molar-refractivity contribution is 7.86. The molecule has 0 saturated heterocycles. The van der Waals surface area contributed by atoms with Crippen molar-refractivity contribution in [2.24, 2.45) is 0 Å². The van der Waals surface area contributed by atoms with Crippen molar-refractivity contribution in [1.82, 2.24) is 0 Å². The van der Waals surface area contributed by atoms with Crippen molar-refractivity contribution in [2.45, 2.75) is 4.90 Å². The van der Waals surface area contributed by atoms with E-state index in [2.05, 4.69) is 0 Å². The molecule has 0 spiro atoms. The van der Waals surface area contributed by atoms with Gasteiger partial charge in [0, 0.05) is 6.08 Å². The van der Waals surface area contributed by atoms with Crippen molar-refractivity contribution < 1.29 is 22.2 Å². The number of carboxylic acid groups (broad SMARTS) is 1. The van der Waals surface area contributed by atoms with E-state index in [4.69, 9.17) is 5.11 Å². The monoisotopic (exact) mass is 230 g/mol. The first-order valence-electron chi connectivity index (χ1n) is 3.85. The molecule has 0 radical (unpaired) electrons. The lowest BCUT2D eigenvalue weighted by atomic mass is 10.2. The first kappa shape index (κ1) is 11.4. The molecule has 0 aromatic heterocycles. The van der Waals surface area contributed by atoms with Gasteiger partial charge < -0.3 is 5.11 Å². The minimum Gasteiger partial charge on any atom is -0.478 e. The first-order valence-corrected chi connectivity index (χ1v) is 5.24. The third kappa shape index (κ3) is 3.51. The van der Waals surface area contributed by atoms with Crippen LogP contribution in [0.3, 0.4) is 0 Å². The van der Waals surface area contributed by atoms with Crippen LogP contribution in [0.2, 0.25) is 0 Å². The number of carbonyl (C=O) groups is 1. The van der Waals surface area contributed by atoms with E-state index < -0.39 is 21.1 Å². The third-order valence-corrected chi connectivity index (χ3v) is 2.42. The van der Waals surface area contributed by atoms with E-state index in [1.807, 2.05) is 0 Å². The molecule has 0 amide bonds. The second kappa shape index (κ2) is 4.22. The fraction of sp³-hybridized carbons (Fsp3) is 0. The van der Waals surface area contributed by atoms with Gasteiger partial charge in [0.05, 0.1) is 4.90 Å². The Balaban J connectivity index is 2.96. The number of carboxylic acids is 1. The standard InChI is InChI=1S/C9H7FO4S/c10-15(13,14)8-4-1-7(2-5-8)3-6-9(11)12/h1-6H,(H,11,12)/b6-3+. The Morgan fingerprint density at radius 3 is 2.20 bits per heavy atom. The summed E-state index contributed by atoms with van der Waals surface area (Å²) in [5.41, 5.74) is 0.477. The fourth-order valence-corrected chi connectivity index (χ4v) is 1.37. The second-order valence-electron chi connectivity index (χ2n) is 2.68. The fourth-order valence-electron chi connectivity index (χ4n) is 0.909. The molecule has 0 fully saturated rings. The van der Waals surface area contributed by atoms with Gasteiger partial charge in [-0.25, -0.2) is 4.79 Å². The van der Waals surface area contributed by atoms with Gasteiger partial charge >= 0.3 is 16.2 Å². The summed E-state index contributed by atoms with van der Waals surface area (Å²) in [7, 11) is -4.69. The lowest BCUT2D eigenvalue weighted by Gasteiger charge is -1.95. The van der Waals surface area contributed by atoms with Crippen molar-refractivity contribution in [3.8, 4) is 0 Å². The highest BCUT2D eigenvalue weighted by atomic mass is 32.3. The molecule has 6 heteroatoms. The molecule has 4 nitrogen and oxygen atoms in total. The van der Waals surface area contributed by atoms with Gasteiger partial charge in [-0.2, -0.15) is 8.42 Å². The zero-order valence-corrected chi connectivity index (χ0v) is 8.24. The Morgan fingerprint density at radius 2 is 1.80 bits per heavy atom. The van der Waals surface area contributed by atoms with E-state index in [0.29, 0.717) is 5.56 Å². The first-order chi connectivity index (χ1) is 6.89. The average molecular weight is 230 g/mol. The number of halogens is 1. The lowest BCUT2D eigenvalue weighted by molar-refractivity contribution is -0.131. The van der Waals surface area contributed by atoms with Crippen molar-refractivity contribution in [1.29, 1.82) is 0 Å². The normalized spacial score (nSPS) is 11.8. The zero-order chi connectivity index (χ0) is 11.5. The van der Waals surface area contributed by atoms with Gasteiger partial charge in [-0.1, -0.05) is 12.1 Å². The van der Waals surface area contributed by atoms with Crippen LogP contribution < -0.4 is 0 Å². The predicted molar refractivity (Wildman–Crippen MR) is 51.4 cm³/mol. The predicted octanol–water partition coefficient (Wildman–Crippen LogP) is 1.44. The van der Waals surface area contributed by atoms with Crippen LogP contribution in [0.15, 0.2) is 35.2 Å². The van der Waals surface area contributed by atoms with E-state index in [1.54, 1.807) is 0 Å². The van der Waals surface area contributed by atoms with Crippen LogP contribution in [0.25, 0.3) is 6.08 Å². The summed E-state index contributed by atoms with van der Waals surface area (Å²) in [5, 5.41) is 8.32. The molecule has 1 N–H and O–H groups in total. The van der Waals surface area contributed by atoms with Crippen LogP contribution in [-0.4, -0.2) is 19.5 Å². The van der Waals surface area contributed by atoms with Crippen LogP contribution in [0.1, 0.15) is 5.56 Å². The highest BCUT2D eigenvalue weighted by Gasteiger charge is 2.10. The van der Waals surface area contributed by atoms with E-state index in [0.717, 1.165) is 18.2 Å². The van der Waals surface area contributed by atoms with Crippen molar-refractivity contribution in [3.05, 3.63) is 35.9 Å². The number of rotatable bonds is 3. The second-order valence-corrected chi connectivity index (χ2v) is 4.03. The lowest BCUT2D eigenvalue weighted by Crippen LogP contribution is -1.91. The van der Waals surface area contributed by atoms with Crippen molar-refractivity contribution in [2.75, 3.05) is 0 Å². The maximum absolute atomic E-state index is 12.4. The van der Waals surface area contributed by atoms with Gasteiger partial charge in [0.25, 0.3) is 0 Å². The molecular weight excluding hydrogens is 223 g/mol. The van der Waals surface area contributed by atoms with Crippen LogP contribution in [0, 0.1) is 0 Å². The van der Waals surface area contributed by atoms with Gasteiger partial charge in [0.15, 0.2) is 0 Å². The van der Waals surface area contributed by atoms with Crippen molar-refractivity contribution in [3.63, 3.8) is 0 Å². The molecule has 0 aliphatic carbocycles. The van der Waals surface area contributed by atoms with Crippen LogP contribution >= 0.6 is 0 Å². The summed E-state index contributed by atoms with van der Waals surface area (Å²) < 4.78 is 33.3. The minimum atomic E-state index is -4.69. The smallest absolute Gasteiger partial charge is 0.332 e. The Labute approximate surface area is 85.9 Å². The molecule has 80 valence electrons. The molecule has 0 aliphatic heterocycles. The summed E-state index contributed by atoms with van der Waals surface area (Å²) in [6.45, 7) is 0. The summed E-state index contributed by atoms with van der Waals surface area (Å²) >= 11 is 0. The number of aliphatic carboxylic acids is 1. The summed E-state index contributed by atoms with van der Waals surface area (Å²) in [6, 6.07) is 4.76. The van der Waals surface area contributed by atoms with Gasteiger partial charge in [-0.15, -0.1) is 3.89 Å². The quantitative estimate of drug-likeness (QED) is 0.630. The molecule has 1 aromatic carbocycles. The molecule has 0 atom stereocenters. The van der Waals surface area contributed by atoms with Crippen molar-refractivity contribution >= 4 is 22.3 Å². The topological polar surface area (TPSA) is 71.4 Å². The molecule has 15 heavy (non-hydrogen) atoms. The van der Waals surface area contributed by atoms with Crippen LogP contribution in [0.5, 0.6) is 0 Å². The third-order valence-electron chi connectivity index (χ3n) is 1.58. The maximum atomic E-state index is 12.4.